The molecule has 2 aromatic carbocycles. The number of nitrogens with one attached hydrogen (secondary N) is 2. The number of fused-ring (bicyclic) bond motifs is 1. The number of guanidine groups is 1. The molecule has 0 spiro atoms. The van der Waals surface area contributed by atoms with Crippen molar-refractivity contribution in [3.05, 3.63) is 65.2 Å². The molecule has 2 aliphatic heterocycles. The van der Waals surface area contributed by atoms with E-state index in [0.717, 1.165) is 70.3 Å². The highest BCUT2D eigenvalue weighted by Crippen LogP contribution is 2.25. The third-order valence-corrected chi connectivity index (χ3v) is 6.24. The van der Waals surface area contributed by atoms with E-state index in [-0.39, 0.29) is 0 Å². The van der Waals surface area contributed by atoms with Crippen molar-refractivity contribution in [2.45, 2.75) is 32.6 Å². The summed E-state index contributed by atoms with van der Waals surface area (Å²) in [6, 6.07) is 17.4. The minimum Gasteiger partial charge on any atom is -0.493 e. The average Bonchev–Trinajstić information content (AvgIpc) is 3.46. The van der Waals surface area contributed by atoms with Crippen LogP contribution in [-0.2, 0) is 19.3 Å². The lowest BCUT2D eigenvalue weighted by Gasteiger charge is -2.16. The van der Waals surface area contributed by atoms with E-state index >= 15 is 0 Å². The molecule has 31 heavy (non-hydrogen) atoms. The van der Waals surface area contributed by atoms with Gasteiger partial charge in [-0.15, -0.1) is 0 Å². The van der Waals surface area contributed by atoms with Crippen LogP contribution in [0.5, 0.6) is 5.75 Å². The Balaban J connectivity index is 1.19. The quantitative estimate of drug-likeness (QED) is 0.483. The van der Waals surface area contributed by atoms with Crippen LogP contribution in [0.1, 0.15) is 30.0 Å². The van der Waals surface area contributed by atoms with Crippen LogP contribution in [0.4, 0.5) is 0 Å². The lowest BCUT2D eigenvalue weighted by molar-refractivity contribution is 0.329. The van der Waals surface area contributed by atoms with E-state index < -0.39 is 0 Å². The van der Waals surface area contributed by atoms with E-state index in [0.29, 0.717) is 5.92 Å². The Morgan fingerprint density at radius 1 is 1.10 bits per heavy atom. The molecule has 2 heterocycles. The predicted molar refractivity (Wildman–Crippen MR) is 128 cm³/mol. The molecule has 5 heteroatoms. The molecule has 5 nitrogen and oxygen atoms in total. The second-order valence-corrected chi connectivity index (χ2v) is 8.63. The van der Waals surface area contributed by atoms with Crippen LogP contribution in [0.2, 0.25) is 0 Å². The van der Waals surface area contributed by atoms with Crippen molar-refractivity contribution in [1.82, 2.24) is 15.5 Å². The van der Waals surface area contributed by atoms with E-state index in [1.54, 1.807) is 0 Å². The Bertz CT molecular complexity index is 852. The number of benzene rings is 2. The van der Waals surface area contributed by atoms with Crippen molar-refractivity contribution in [2.75, 3.05) is 45.9 Å². The summed E-state index contributed by atoms with van der Waals surface area (Å²) in [5, 5.41) is 6.91. The van der Waals surface area contributed by atoms with Crippen molar-refractivity contribution in [3.63, 3.8) is 0 Å². The molecule has 1 atom stereocenters. The fraction of sp³-hybridized carbons (Fsp3) is 0.500. The van der Waals surface area contributed by atoms with E-state index in [1.807, 2.05) is 0 Å². The number of hydrogen-bond donors (Lipinski definition) is 2. The molecule has 4 rings (SSSR count). The monoisotopic (exact) mass is 420 g/mol. The molecule has 2 aromatic rings. The lowest BCUT2D eigenvalue weighted by Crippen LogP contribution is -2.38. The molecule has 1 fully saturated rings. The van der Waals surface area contributed by atoms with Gasteiger partial charge in [-0.25, -0.2) is 0 Å². The number of ether oxygens (including phenoxy) is 1. The van der Waals surface area contributed by atoms with Crippen LogP contribution in [-0.4, -0.2) is 56.7 Å². The number of aliphatic imine (C=N–C) groups is 1. The van der Waals surface area contributed by atoms with Crippen LogP contribution in [0.3, 0.4) is 0 Å². The highest BCUT2D eigenvalue weighted by Gasteiger charge is 2.22. The van der Waals surface area contributed by atoms with Gasteiger partial charge in [-0.3, -0.25) is 4.99 Å². The normalized spacial score (nSPS) is 18.6. The van der Waals surface area contributed by atoms with Gasteiger partial charge in [-0.2, -0.15) is 0 Å². The van der Waals surface area contributed by atoms with Gasteiger partial charge in [0.15, 0.2) is 5.96 Å². The van der Waals surface area contributed by atoms with Crippen LogP contribution in [0, 0.1) is 5.92 Å². The topological polar surface area (TPSA) is 48.9 Å². The first kappa shape index (κ1) is 21.7. The summed E-state index contributed by atoms with van der Waals surface area (Å²) in [5.41, 5.74) is 4.13. The van der Waals surface area contributed by atoms with Crippen molar-refractivity contribution >= 4 is 5.96 Å². The minimum atomic E-state index is 0.656. The number of nitrogens with zero attached hydrogens (tertiary/aromatic N) is 2. The summed E-state index contributed by atoms with van der Waals surface area (Å²) in [5.74, 6) is 2.65. The Hall–Kier alpha value is -2.53. The molecule has 0 bridgehead atoms. The van der Waals surface area contributed by atoms with Gasteiger partial charge in [0.05, 0.1) is 6.61 Å². The summed E-state index contributed by atoms with van der Waals surface area (Å²) in [6.07, 6.45) is 4.41. The minimum absolute atomic E-state index is 0.656. The van der Waals surface area contributed by atoms with Gasteiger partial charge < -0.3 is 20.3 Å². The van der Waals surface area contributed by atoms with Crippen molar-refractivity contribution in [1.29, 1.82) is 0 Å². The van der Waals surface area contributed by atoms with Gasteiger partial charge in [0.25, 0.3) is 0 Å². The molecular formula is C26H36N4O. The summed E-state index contributed by atoms with van der Waals surface area (Å²) in [7, 11) is 0. The standard InChI is InChI=1S/C26H36N4O/c1-2-27-26(28-14-10-22-8-9-25-24(18-22)13-17-31-25)29-19-23-12-16-30(20-23)15-11-21-6-4-3-5-7-21/h3-9,18,23H,2,10-17,19-20H2,1H3,(H2,27,28,29). The molecular weight excluding hydrogens is 384 g/mol. The largest absolute Gasteiger partial charge is 0.493 e. The maximum absolute atomic E-state index is 5.61. The first-order chi connectivity index (χ1) is 15.3. The smallest absolute Gasteiger partial charge is 0.191 e. The maximum atomic E-state index is 5.61. The summed E-state index contributed by atoms with van der Waals surface area (Å²) in [4.78, 5) is 7.47. The van der Waals surface area contributed by atoms with Crippen LogP contribution >= 0.6 is 0 Å². The molecule has 0 aliphatic carbocycles. The number of rotatable bonds is 9. The van der Waals surface area contributed by atoms with Crippen LogP contribution in [0.15, 0.2) is 53.5 Å². The van der Waals surface area contributed by atoms with E-state index in [4.69, 9.17) is 9.73 Å². The zero-order chi connectivity index (χ0) is 21.3. The molecule has 0 saturated carbocycles. The number of hydrogen-bond acceptors (Lipinski definition) is 3. The van der Waals surface area contributed by atoms with Crippen LogP contribution in [0.25, 0.3) is 0 Å². The molecule has 1 unspecified atom stereocenters. The second kappa shape index (κ2) is 11.2. The molecule has 166 valence electrons. The lowest BCUT2D eigenvalue weighted by atomic mass is 10.1. The predicted octanol–water partition coefficient (Wildman–Crippen LogP) is 3.28. The fourth-order valence-corrected chi connectivity index (χ4v) is 4.48. The van der Waals surface area contributed by atoms with Crippen LogP contribution < -0.4 is 15.4 Å². The molecule has 0 aromatic heterocycles. The Kier molecular flexibility index (Phi) is 7.83. The molecule has 2 aliphatic rings. The third kappa shape index (κ3) is 6.47. The SMILES string of the molecule is CCNC(=NCC1CCN(CCc2ccccc2)C1)NCCc1ccc2c(c1)CCO2. The molecule has 2 N–H and O–H groups in total. The van der Waals surface area contributed by atoms with Gasteiger partial charge in [0, 0.05) is 39.1 Å². The first-order valence-corrected chi connectivity index (χ1v) is 11.8. The Labute approximate surface area is 186 Å². The van der Waals surface area contributed by atoms with Gasteiger partial charge in [-0.05, 0) is 61.4 Å². The summed E-state index contributed by atoms with van der Waals surface area (Å²) in [6.45, 7) is 9.11. The van der Waals surface area contributed by atoms with Gasteiger partial charge in [0.1, 0.15) is 5.75 Å². The fourth-order valence-electron chi connectivity index (χ4n) is 4.48. The van der Waals surface area contributed by atoms with Crippen molar-refractivity contribution in [2.24, 2.45) is 10.9 Å². The van der Waals surface area contributed by atoms with Gasteiger partial charge in [-0.1, -0.05) is 42.5 Å². The first-order valence-electron chi connectivity index (χ1n) is 11.8. The van der Waals surface area contributed by atoms with Crippen molar-refractivity contribution < 1.29 is 4.74 Å². The zero-order valence-electron chi connectivity index (χ0n) is 18.8. The van der Waals surface area contributed by atoms with Gasteiger partial charge >= 0.3 is 0 Å². The maximum Gasteiger partial charge on any atom is 0.191 e. The zero-order valence-corrected chi connectivity index (χ0v) is 18.8. The number of likely N-dealkylation sites (tertiary alicyclic amines) is 1. The summed E-state index contributed by atoms with van der Waals surface area (Å²) < 4.78 is 5.61. The molecule has 0 amide bonds. The Morgan fingerprint density at radius 3 is 2.87 bits per heavy atom. The molecule has 1 saturated heterocycles. The second-order valence-electron chi connectivity index (χ2n) is 8.63. The highest BCUT2D eigenvalue weighted by molar-refractivity contribution is 5.79. The van der Waals surface area contributed by atoms with E-state index in [2.05, 4.69) is 71.0 Å². The Morgan fingerprint density at radius 2 is 2.00 bits per heavy atom. The van der Waals surface area contributed by atoms with E-state index in [1.165, 1.54) is 29.7 Å². The van der Waals surface area contributed by atoms with Gasteiger partial charge in [0.2, 0.25) is 0 Å². The molecule has 0 radical (unpaired) electrons. The van der Waals surface area contributed by atoms with Crippen molar-refractivity contribution in [3.8, 4) is 5.75 Å². The highest BCUT2D eigenvalue weighted by atomic mass is 16.5. The van der Waals surface area contributed by atoms with E-state index in [9.17, 15) is 0 Å². The average molecular weight is 421 g/mol. The summed E-state index contributed by atoms with van der Waals surface area (Å²) >= 11 is 0. The third-order valence-electron chi connectivity index (χ3n) is 6.24.